The summed E-state index contributed by atoms with van der Waals surface area (Å²) in [5.41, 5.74) is 1.10. The van der Waals surface area contributed by atoms with Gasteiger partial charge in [-0.05, 0) is 43.3 Å². The maximum absolute atomic E-state index is 6.03. The van der Waals surface area contributed by atoms with E-state index < -0.39 is 0 Å². The number of para-hydroxylation sites is 2. The van der Waals surface area contributed by atoms with Gasteiger partial charge in [-0.3, -0.25) is 0 Å². The molecule has 0 unspecified atom stereocenters. The molecule has 164 valence electrons. The normalized spacial score (nSPS) is 10.5. The second-order valence-corrected chi connectivity index (χ2v) is 6.97. The molecule has 0 atom stereocenters. The first-order valence-electron chi connectivity index (χ1n) is 10.8. The van der Waals surface area contributed by atoms with Crippen LogP contribution in [0.2, 0.25) is 0 Å². The van der Waals surface area contributed by atoms with Crippen molar-refractivity contribution in [3.05, 3.63) is 84.4 Å². The number of rotatable bonds is 14. The summed E-state index contributed by atoms with van der Waals surface area (Å²) in [6, 6.07) is 25.4. The molecule has 3 rings (SSSR count). The number of hydrogen-bond acceptors (Lipinski definition) is 5. The third-order valence-electron chi connectivity index (χ3n) is 4.50. The Morgan fingerprint density at radius 1 is 0.613 bits per heavy atom. The second-order valence-electron chi connectivity index (χ2n) is 6.97. The summed E-state index contributed by atoms with van der Waals surface area (Å²) in [5, 5.41) is 3.43. The Morgan fingerprint density at radius 2 is 1.16 bits per heavy atom. The molecule has 0 aliphatic heterocycles. The van der Waals surface area contributed by atoms with E-state index in [4.69, 9.17) is 18.9 Å². The molecule has 0 radical (unpaired) electrons. The minimum atomic E-state index is 0.455. The Hall–Kier alpha value is -3.18. The van der Waals surface area contributed by atoms with E-state index in [2.05, 4.69) is 12.2 Å². The van der Waals surface area contributed by atoms with Crippen LogP contribution in [0.1, 0.15) is 18.9 Å². The van der Waals surface area contributed by atoms with Crippen molar-refractivity contribution in [3.63, 3.8) is 0 Å². The lowest BCUT2D eigenvalue weighted by Crippen LogP contribution is -2.16. The van der Waals surface area contributed by atoms with Gasteiger partial charge in [0.05, 0.1) is 0 Å². The van der Waals surface area contributed by atoms with Crippen LogP contribution in [-0.2, 0) is 6.54 Å². The van der Waals surface area contributed by atoms with Crippen molar-refractivity contribution < 1.29 is 18.9 Å². The third-order valence-corrected chi connectivity index (χ3v) is 4.50. The highest BCUT2D eigenvalue weighted by molar-refractivity contribution is 5.41. The van der Waals surface area contributed by atoms with Crippen LogP contribution in [-0.4, -0.2) is 33.0 Å². The highest BCUT2D eigenvalue weighted by Gasteiger charge is 2.07. The van der Waals surface area contributed by atoms with Crippen molar-refractivity contribution in [1.29, 1.82) is 0 Å². The molecule has 0 amide bonds. The molecule has 0 spiro atoms. The van der Waals surface area contributed by atoms with Crippen LogP contribution in [0.4, 0.5) is 0 Å². The standard InChI is InChI=1S/C26H31NO4/c1-2-15-27-21-22-13-14-25(30-17-16-28-23-9-5-3-6-10-23)20-26(22)31-19-18-29-24-11-7-4-8-12-24/h3-14,20,27H,2,15-19,21H2,1H3. The smallest absolute Gasteiger partial charge is 0.127 e. The predicted molar refractivity (Wildman–Crippen MR) is 123 cm³/mol. The summed E-state index contributed by atoms with van der Waals surface area (Å²) in [4.78, 5) is 0. The van der Waals surface area contributed by atoms with Crippen molar-refractivity contribution in [3.8, 4) is 23.0 Å². The van der Waals surface area contributed by atoms with E-state index in [1.807, 2.05) is 78.9 Å². The minimum Gasteiger partial charge on any atom is -0.490 e. The molecular weight excluding hydrogens is 390 g/mol. The van der Waals surface area contributed by atoms with Crippen LogP contribution >= 0.6 is 0 Å². The van der Waals surface area contributed by atoms with E-state index in [0.717, 1.165) is 48.1 Å². The lowest BCUT2D eigenvalue weighted by molar-refractivity contribution is 0.209. The van der Waals surface area contributed by atoms with Crippen molar-refractivity contribution in [1.82, 2.24) is 5.32 Å². The van der Waals surface area contributed by atoms with Crippen LogP contribution in [0, 0.1) is 0 Å². The van der Waals surface area contributed by atoms with Gasteiger partial charge in [0.1, 0.15) is 49.4 Å². The molecule has 0 heterocycles. The van der Waals surface area contributed by atoms with E-state index in [9.17, 15) is 0 Å². The monoisotopic (exact) mass is 421 g/mol. The Labute approximate surface area is 184 Å². The third kappa shape index (κ3) is 8.22. The predicted octanol–water partition coefficient (Wildman–Crippen LogP) is 5.10. The number of ether oxygens (including phenoxy) is 4. The Balaban J connectivity index is 1.51. The van der Waals surface area contributed by atoms with E-state index in [-0.39, 0.29) is 0 Å². The fourth-order valence-electron chi connectivity index (χ4n) is 2.97. The molecule has 0 aliphatic rings. The molecule has 5 nitrogen and oxygen atoms in total. The zero-order chi connectivity index (χ0) is 21.6. The summed E-state index contributed by atoms with van der Waals surface area (Å²) in [6.45, 7) is 5.73. The van der Waals surface area contributed by atoms with Crippen molar-refractivity contribution in [2.24, 2.45) is 0 Å². The number of nitrogens with one attached hydrogen (secondary N) is 1. The fourth-order valence-corrected chi connectivity index (χ4v) is 2.97. The van der Waals surface area contributed by atoms with Gasteiger partial charge in [-0.2, -0.15) is 0 Å². The molecular formula is C26H31NO4. The van der Waals surface area contributed by atoms with Gasteiger partial charge in [-0.1, -0.05) is 49.4 Å². The Morgan fingerprint density at radius 3 is 1.74 bits per heavy atom. The topological polar surface area (TPSA) is 49.0 Å². The van der Waals surface area contributed by atoms with E-state index in [1.165, 1.54) is 0 Å². The maximum atomic E-state index is 6.03. The molecule has 5 heteroatoms. The lowest BCUT2D eigenvalue weighted by atomic mass is 10.2. The van der Waals surface area contributed by atoms with Crippen molar-refractivity contribution in [2.45, 2.75) is 19.9 Å². The Bertz CT molecular complexity index is 871. The van der Waals surface area contributed by atoms with Crippen LogP contribution < -0.4 is 24.3 Å². The van der Waals surface area contributed by atoms with E-state index in [1.54, 1.807) is 0 Å². The summed E-state index contributed by atoms with van der Waals surface area (Å²) >= 11 is 0. The summed E-state index contributed by atoms with van der Waals surface area (Å²) in [5.74, 6) is 3.24. The van der Waals surface area contributed by atoms with Gasteiger partial charge in [-0.15, -0.1) is 0 Å². The summed E-state index contributed by atoms with van der Waals surface area (Å²) in [7, 11) is 0. The first-order chi connectivity index (χ1) is 15.3. The van der Waals surface area contributed by atoms with Gasteiger partial charge in [0, 0.05) is 18.2 Å². The highest BCUT2D eigenvalue weighted by atomic mass is 16.5. The molecule has 3 aromatic carbocycles. The molecule has 0 aliphatic carbocycles. The largest absolute Gasteiger partial charge is 0.490 e. The quantitative estimate of drug-likeness (QED) is 0.367. The average Bonchev–Trinajstić information content (AvgIpc) is 2.82. The molecule has 31 heavy (non-hydrogen) atoms. The lowest BCUT2D eigenvalue weighted by Gasteiger charge is -2.15. The van der Waals surface area contributed by atoms with Crippen molar-refractivity contribution >= 4 is 0 Å². The second kappa shape index (κ2) is 13.2. The molecule has 0 bridgehead atoms. The molecule has 0 saturated heterocycles. The zero-order valence-electron chi connectivity index (χ0n) is 18.1. The Kier molecular flexibility index (Phi) is 9.57. The van der Waals surface area contributed by atoms with Crippen molar-refractivity contribution in [2.75, 3.05) is 33.0 Å². The summed E-state index contributed by atoms with van der Waals surface area (Å²) < 4.78 is 23.3. The first-order valence-corrected chi connectivity index (χ1v) is 10.8. The van der Waals surface area contributed by atoms with Gasteiger partial charge in [0.15, 0.2) is 0 Å². The van der Waals surface area contributed by atoms with Crippen LogP contribution in [0.25, 0.3) is 0 Å². The van der Waals surface area contributed by atoms with Gasteiger partial charge in [0.2, 0.25) is 0 Å². The molecule has 3 aromatic rings. The fraction of sp³-hybridized carbons (Fsp3) is 0.308. The molecule has 0 fully saturated rings. The summed E-state index contributed by atoms with van der Waals surface area (Å²) in [6.07, 6.45) is 1.09. The van der Waals surface area contributed by atoms with E-state index >= 15 is 0 Å². The minimum absolute atomic E-state index is 0.455. The number of benzene rings is 3. The molecule has 0 saturated carbocycles. The van der Waals surface area contributed by atoms with E-state index in [0.29, 0.717) is 26.4 Å². The van der Waals surface area contributed by atoms with Crippen LogP contribution in [0.5, 0.6) is 23.0 Å². The first kappa shape index (κ1) is 22.5. The van der Waals surface area contributed by atoms with Gasteiger partial charge in [-0.25, -0.2) is 0 Å². The zero-order valence-corrected chi connectivity index (χ0v) is 18.1. The SMILES string of the molecule is CCCNCc1ccc(OCCOc2ccccc2)cc1OCCOc1ccccc1. The maximum Gasteiger partial charge on any atom is 0.127 e. The highest BCUT2D eigenvalue weighted by Crippen LogP contribution is 2.25. The van der Waals surface area contributed by atoms with Crippen LogP contribution in [0.3, 0.4) is 0 Å². The van der Waals surface area contributed by atoms with Crippen LogP contribution in [0.15, 0.2) is 78.9 Å². The van der Waals surface area contributed by atoms with Gasteiger partial charge in [0.25, 0.3) is 0 Å². The van der Waals surface area contributed by atoms with Gasteiger partial charge < -0.3 is 24.3 Å². The average molecular weight is 422 g/mol. The molecule has 0 aromatic heterocycles. The molecule has 1 N–H and O–H groups in total. The van der Waals surface area contributed by atoms with Gasteiger partial charge >= 0.3 is 0 Å². The number of hydrogen-bond donors (Lipinski definition) is 1.